The van der Waals surface area contributed by atoms with E-state index in [1.807, 2.05) is 10.7 Å². The number of nitrogens with zero attached hydrogens (tertiary/aromatic N) is 2. The van der Waals surface area contributed by atoms with Crippen molar-refractivity contribution in [2.75, 3.05) is 18.4 Å². The van der Waals surface area contributed by atoms with Crippen molar-refractivity contribution in [3.63, 3.8) is 0 Å². The summed E-state index contributed by atoms with van der Waals surface area (Å²) in [5.74, 6) is 0.607. The summed E-state index contributed by atoms with van der Waals surface area (Å²) in [6.45, 7) is 3.88. The summed E-state index contributed by atoms with van der Waals surface area (Å²) in [6, 6.07) is 1.71. The fourth-order valence-electron chi connectivity index (χ4n) is 1.92. The van der Waals surface area contributed by atoms with Gasteiger partial charge in [-0.3, -0.25) is 4.79 Å². The first-order valence-corrected chi connectivity index (χ1v) is 6.53. The van der Waals surface area contributed by atoms with Crippen LogP contribution in [-0.4, -0.2) is 34.8 Å². The molecule has 1 aliphatic rings. The van der Waals surface area contributed by atoms with E-state index in [2.05, 4.69) is 22.7 Å². The van der Waals surface area contributed by atoms with Gasteiger partial charge in [-0.05, 0) is 6.42 Å². The molecule has 100 valence electrons. The van der Waals surface area contributed by atoms with E-state index >= 15 is 0 Å². The summed E-state index contributed by atoms with van der Waals surface area (Å²) in [5.41, 5.74) is 5.84. The standard InChI is InChI=1S/C12H21N5O/c1-2-3-4-10(13)12(18)16-11-5-6-15-17(11)9-7-14-8-9/h5-6,9-10,14H,2-4,7-8,13H2,1H3,(H,16,18). The predicted molar refractivity (Wildman–Crippen MR) is 70.3 cm³/mol. The first-order valence-electron chi connectivity index (χ1n) is 6.53. The number of hydrogen-bond acceptors (Lipinski definition) is 4. The molecule has 6 heteroatoms. The van der Waals surface area contributed by atoms with Crippen LogP contribution in [0.15, 0.2) is 12.3 Å². The summed E-state index contributed by atoms with van der Waals surface area (Å²) < 4.78 is 1.85. The van der Waals surface area contributed by atoms with Gasteiger partial charge in [0.2, 0.25) is 5.91 Å². The number of amides is 1. The van der Waals surface area contributed by atoms with Crippen molar-refractivity contribution >= 4 is 11.7 Å². The van der Waals surface area contributed by atoms with Crippen LogP contribution in [-0.2, 0) is 4.79 Å². The molecule has 1 aromatic heterocycles. The summed E-state index contributed by atoms with van der Waals surface area (Å²) >= 11 is 0. The molecule has 0 saturated carbocycles. The molecule has 2 rings (SSSR count). The molecule has 1 aliphatic heterocycles. The van der Waals surface area contributed by atoms with E-state index in [9.17, 15) is 4.79 Å². The molecule has 1 atom stereocenters. The third kappa shape index (κ3) is 2.88. The summed E-state index contributed by atoms with van der Waals surface area (Å²) in [4.78, 5) is 11.9. The largest absolute Gasteiger partial charge is 0.320 e. The molecule has 0 aliphatic carbocycles. The predicted octanol–water partition coefficient (Wildman–Crippen LogP) is 0.483. The average molecular weight is 251 g/mol. The van der Waals surface area contributed by atoms with Crippen LogP contribution in [0.3, 0.4) is 0 Å². The summed E-state index contributed by atoms with van der Waals surface area (Å²) in [6.07, 6.45) is 4.44. The number of carbonyl (C=O) groups excluding carboxylic acids is 1. The first kappa shape index (κ1) is 13.0. The van der Waals surface area contributed by atoms with Crippen LogP contribution < -0.4 is 16.4 Å². The Morgan fingerprint density at radius 2 is 2.50 bits per heavy atom. The van der Waals surface area contributed by atoms with Gasteiger partial charge in [-0.15, -0.1) is 0 Å². The highest BCUT2D eigenvalue weighted by Gasteiger charge is 2.23. The number of unbranched alkanes of at least 4 members (excludes halogenated alkanes) is 1. The number of carbonyl (C=O) groups is 1. The SMILES string of the molecule is CCCCC(N)C(=O)Nc1ccnn1C1CNC1. The van der Waals surface area contributed by atoms with E-state index in [0.29, 0.717) is 6.04 Å². The monoisotopic (exact) mass is 251 g/mol. The second-order valence-corrected chi connectivity index (χ2v) is 4.71. The van der Waals surface area contributed by atoms with Crippen molar-refractivity contribution < 1.29 is 4.79 Å². The molecule has 1 fully saturated rings. The molecule has 1 aromatic rings. The lowest BCUT2D eigenvalue weighted by molar-refractivity contribution is -0.117. The minimum absolute atomic E-state index is 0.127. The Hall–Kier alpha value is -1.40. The Balaban J connectivity index is 1.92. The van der Waals surface area contributed by atoms with Gasteiger partial charge in [-0.2, -0.15) is 5.10 Å². The minimum Gasteiger partial charge on any atom is -0.320 e. The number of nitrogens with two attached hydrogens (primary N) is 1. The molecule has 18 heavy (non-hydrogen) atoms. The molecule has 6 nitrogen and oxygen atoms in total. The Morgan fingerprint density at radius 3 is 3.11 bits per heavy atom. The second kappa shape index (κ2) is 5.97. The Morgan fingerprint density at radius 1 is 1.72 bits per heavy atom. The van der Waals surface area contributed by atoms with Crippen LogP contribution in [0.1, 0.15) is 32.2 Å². The number of rotatable bonds is 6. The molecule has 1 saturated heterocycles. The van der Waals surface area contributed by atoms with Crippen molar-refractivity contribution in [1.29, 1.82) is 0 Å². The number of nitrogens with one attached hydrogen (secondary N) is 2. The van der Waals surface area contributed by atoms with Crippen LogP contribution in [0, 0.1) is 0 Å². The number of hydrogen-bond donors (Lipinski definition) is 3. The highest BCUT2D eigenvalue weighted by molar-refractivity contribution is 5.93. The van der Waals surface area contributed by atoms with Crippen LogP contribution in [0.2, 0.25) is 0 Å². The smallest absolute Gasteiger partial charge is 0.242 e. The van der Waals surface area contributed by atoms with Crippen molar-refractivity contribution in [2.45, 2.75) is 38.3 Å². The number of aromatic nitrogens is 2. The van der Waals surface area contributed by atoms with Crippen molar-refractivity contribution in [1.82, 2.24) is 15.1 Å². The molecule has 0 spiro atoms. The fourth-order valence-corrected chi connectivity index (χ4v) is 1.92. The lowest BCUT2D eigenvalue weighted by Gasteiger charge is -2.28. The zero-order valence-corrected chi connectivity index (χ0v) is 10.7. The van der Waals surface area contributed by atoms with Gasteiger partial charge in [0.05, 0.1) is 18.3 Å². The molecule has 4 N–H and O–H groups in total. The van der Waals surface area contributed by atoms with E-state index in [0.717, 1.165) is 38.2 Å². The van der Waals surface area contributed by atoms with Gasteiger partial charge in [0.25, 0.3) is 0 Å². The Kier molecular flexibility index (Phi) is 4.33. The second-order valence-electron chi connectivity index (χ2n) is 4.71. The van der Waals surface area contributed by atoms with Gasteiger partial charge in [0.15, 0.2) is 0 Å². The highest BCUT2D eigenvalue weighted by Crippen LogP contribution is 2.17. The maximum absolute atomic E-state index is 11.9. The normalized spacial score (nSPS) is 17.2. The van der Waals surface area contributed by atoms with Crippen LogP contribution in [0.5, 0.6) is 0 Å². The average Bonchev–Trinajstić information content (AvgIpc) is 2.72. The maximum atomic E-state index is 11.9. The first-order chi connectivity index (χ1) is 8.72. The van der Waals surface area contributed by atoms with Gasteiger partial charge >= 0.3 is 0 Å². The molecular weight excluding hydrogens is 230 g/mol. The lowest BCUT2D eigenvalue weighted by Crippen LogP contribution is -2.44. The fraction of sp³-hybridized carbons (Fsp3) is 0.667. The van der Waals surface area contributed by atoms with Gasteiger partial charge < -0.3 is 16.4 Å². The summed E-state index contributed by atoms with van der Waals surface area (Å²) in [5, 5.41) is 10.3. The van der Waals surface area contributed by atoms with Crippen molar-refractivity contribution in [2.24, 2.45) is 5.73 Å². The Bertz CT molecular complexity index is 399. The molecule has 0 aromatic carbocycles. The number of anilines is 1. The van der Waals surface area contributed by atoms with E-state index in [1.54, 1.807) is 6.20 Å². The van der Waals surface area contributed by atoms with E-state index in [4.69, 9.17) is 5.73 Å². The van der Waals surface area contributed by atoms with Crippen molar-refractivity contribution in [3.05, 3.63) is 12.3 Å². The molecule has 1 amide bonds. The topological polar surface area (TPSA) is 85.0 Å². The molecule has 0 radical (unpaired) electrons. The maximum Gasteiger partial charge on any atom is 0.242 e. The Labute approximate surface area is 107 Å². The van der Waals surface area contributed by atoms with Crippen LogP contribution >= 0.6 is 0 Å². The van der Waals surface area contributed by atoms with Crippen LogP contribution in [0.25, 0.3) is 0 Å². The van der Waals surface area contributed by atoms with E-state index < -0.39 is 6.04 Å². The van der Waals surface area contributed by atoms with Gasteiger partial charge in [0, 0.05) is 19.2 Å². The van der Waals surface area contributed by atoms with E-state index in [-0.39, 0.29) is 5.91 Å². The zero-order valence-electron chi connectivity index (χ0n) is 10.7. The lowest BCUT2D eigenvalue weighted by atomic mass is 10.1. The van der Waals surface area contributed by atoms with Gasteiger partial charge in [-0.25, -0.2) is 4.68 Å². The van der Waals surface area contributed by atoms with Gasteiger partial charge in [0.1, 0.15) is 5.82 Å². The third-order valence-electron chi connectivity index (χ3n) is 3.23. The highest BCUT2D eigenvalue weighted by atomic mass is 16.2. The third-order valence-corrected chi connectivity index (χ3v) is 3.23. The minimum atomic E-state index is -0.437. The zero-order chi connectivity index (χ0) is 13.0. The van der Waals surface area contributed by atoms with E-state index in [1.165, 1.54) is 0 Å². The molecule has 0 bridgehead atoms. The molecule has 1 unspecified atom stereocenters. The van der Waals surface area contributed by atoms with Crippen molar-refractivity contribution in [3.8, 4) is 0 Å². The summed E-state index contributed by atoms with van der Waals surface area (Å²) in [7, 11) is 0. The van der Waals surface area contributed by atoms with Gasteiger partial charge in [-0.1, -0.05) is 19.8 Å². The van der Waals surface area contributed by atoms with Crippen LogP contribution in [0.4, 0.5) is 5.82 Å². The molecule has 2 heterocycles. The molecular formula is C12H21N5O. The quantitative estimate of drug-likeness (QED) is 0.686.